The van der Waals surface area contributed by atoms with Crippen molar-refractivity contribution in [1.82, 2.24) is 9.55 Å². The summed E-state index contributed by atoms with van der Waals surface area (Å²) in [7, 11) is 0. The molecule has 12 rings (SSSR count). The maximum atomic E-state index is 6.82. The van der Waals surface area contributed by atoms with Crippen LogP contribution in [0.25, 0.3) is 27.6 Å². The molecule has 378 valence electrons. The third-order valence-electron chi connectivity index (χ3n) is 16.6. The summed E-state index contributed by atoms with van der Waals surface area (Å²) >= 11 is 0. The molecule has 2 aliphatic carbocycles. The van der Waals surface area contributed by atoms with Crippen molar-refractivity contribution >= 4 is 44.6 Å². The Morgan fingerprint density at radius 3 is 1.68 bits per heavy atom. The molecule has 6 heteroatoms. The topological polar surface area (TPSA) is 33.5 Å². The van der Waals surface area contributed by atoms with Crippen LogP contribution in [0.4, 0.5) is 22.7 Å². The molecular formula is C68H67N4OPt-3. The third kappa shape index (κ3) is 8.77. The molecule has 2 aromatic heterocycles. The average Bonchev–Trinajstić information content (AvgIpc) is 3.97. The number of hydrogen-bond donors (Lipinski definition) is 0. The van der Waals surface area contributed by atoms with Gasteiger partial charge in [-0.2, -0.15) is 12.1 Å². The second kappa shape index (κ2) is 19.7. The Balaban J connectivity index is 0.00000588. The quantitative estimate of drug-likeness (QED) is 0.135. The Hall–Kier alpha value is -6.42. The van der Waals surface area contributed by atoms with Crippen molar-refractivity contribution in [2.75, 3.05) is 9.80 Å². The number of rotatable bonds is 9. The van der Waals surface area contributed by atoms with E-state index in [4.69, 9.17) is 9.72 Å². The third-order valence-corrected chi connectivity index (χ3v) is 16.6. The zero-order valence-corrected chi connectivity index (χ0v) is 46.1. The molecule has 3 aliphatic rings. The predicted molar refractivity (Wildman–Crippen MR) is 302 cm³/mol. The van der Waals surface area contributed by atoms with Crippen molar-refractivity contribution in [3.8, 4) is 17.3 Å². The molecule has 5 nitrogen and oxygen atoms in total. The van der Waals surface area contributed by atoms with Gasteiger partial charge in [0.05, 0.1) is 0 Å². The van der Waals surface area contributed by atoms with Crippen molar-refractivity contribution in [3.05, 3.63) is 222 Å². The van der Waals surface area contributed by atoms with Crippen molar-refractivity contribution in [2.45, 2.75) is 127 Å². The zero-order valence-electron chi connectivity index (χ0n) is 43.8. The molecule has 0 N–H and O–H groups in total. The molecule has 0 bridgehead atoms. The smallest absolute Gasteiger partial charge is 0.135 e. The summed E-state index contributed by atoms with van der Waals surface area (Å²) in [6.45, 7) is 16.3. The number of anilines is 4. The van der Waals surface area contributed by atoms with Crippen molar-refractivity contribution < 1.29 is 25.8 Å². The molecule has 2 saturated carbocycles. The fraction of sp³-hybridized carbons (Fsp3) is 0.294. The van der Waals surface area contributed by atoms with E-state index in [0.717, 1.165) is 64.7 Å². The first-order chi connectivity index (χ1) is 35.4. The fourth-order valence-electron chi connectivity index (χ4n) is 12.7. The van der Waals surface area contributed by atoms with E-state index in [2.05, 4.69) is 226 Å². The second-order valence-corrected chi connectivity index (χ2v) is 23.1. The van der Waals surface area contributed by atoms with Gasteiger partial charge in [-0.15, -0.1) is 48.1 Å². The van der Waals surface area contributed by atoms with Gasteiger partial charge in [0, 0.05) is 72.2 Å². The number of ether oxygens (including phenoxy) is 1. The number of pyridine rings is 1. The van der Waals surface area contributed by atoms with Crippen LogP contribution in [-0.2, 0) is 42.7 Å². The fourth-order valence-corrected chi connectivity index (χ4v) is 12.7. The summed E-state index contributed by atoms with van der Waals surface area (Å²) in [4.78, 5) is 9.82. The van der Waals surface area contributed by atoms with Crippen LogP contribution in [0.5, 0.6) is 11.5 Å². The summed E-state index contributed by atoms with van der Waals surface area (Å²) in [5.74, 6) is 2.11. The maximum absolute atomic E-state index is 6.82. The van der Waals surface area contributed by atoms with Gasteiger partial charge in [-0.3, -0.25) is 0 Å². The van der Waals surface area contributed by atoms with E-state index in [1.807, 2.05) is 18.3 Å². The Morgan fingerprint density at radius 2 is 1.07 bits per heavy atom. The SMILES string of the molecule is CC(C)(C)c1ccnc(-n2c3[c-]c(Oc4[c-]c(N5[CH-]N(c6c(C7(c8ccccc8)CCCCC7)cc(C(C)(C)C)cc6C6(c7ccccc7)CCCCC6)c6ccccc65)ccc4)ccc3c3ccccc32)c1.[Pt]. The molecule has 3 heterocycles. The molecule has 74 heavy (non-hydrogen) atoms. The molecule has 0 unspecified atom stereocenters. The number of nitrogens with zero attached hydrogens (tertiary/aromatic N) is 4. The summed E-state index contributed by atoms with van der Waals surface area (Å²) < 4.78 is 9.04. The summed E-state index contributed by atoms with van der Waals surface area (Å²) in [5, 5.41) is 2.26. The minimum atomic E-state index is -0.164. The van der Waals surface area contributed by atoms with Crippen molar-refractivity contribution in [2.24, 2.45) is 0 Å². The first-order valence-corrected chi connectivity index (χ1v) is 26.9. The standard InChI is InChI=1S/C68H67N4O.Pt/c1-65(2,3)50-36-41-69-63(44-50)72-59-31-16-15-30-55(59)56-35-34-54(46-62(56)72)73-53-29-23-28-52(45-53)70-47-71(61-33-18-17-32-60(61)70)64-57(67(37-19-9-20-38-67)48-24-11-7-12-25-48)42-51(66(4,5)6)43-58(64)68(39-21-10-22-40-68)49-26-13-8-14-27-49;/h7-8,11-18,23-36,41-44,47H,9-10,19-22,37-40H2,1-6H3;/q-3;. The van der Waals surface area contributed by atoms with Gasteiger partial charge in [-0.25, -0.2) is 4.98 Å². The van der Waals surface area contributed by atoms with E-state index in [1.54, 1.807) is 0 Å². The molecule has 0 atom stereocenters. The monoisotopic (exact) mass is 1150 g/mol. The van der Waals surface area contributed by atoms with E-state index in [9.17, 15) is 0 Å². The number of fused-ring (bicyclic) bond motifs is 4. The van der Waals surface area contributed by atoms with Gasteiger partial charge in [-0.1, -0.05) is 189 Å². The molecule has 0 amide bonds. The van der Waals surface area contributed by atoms with E-state index in [-0.39, 0.29) is 42.7 Å². The summed E-state index contributed by atoms with van der Waals surface area (Å²) in [6, 6.07) is 68.0. The Bertz CT molecular complexity index is 3380. The molecule has 9 aromatic rings. The van der Waals surface area contributed by atoms with E-state index in [1.165, 1.54) is 83.3 Å². The van der Waals surface area contributed by atoms with Gasteiger partial charge < -0.3 is 19.1 Å². The van der Waals surface area contributed by atoms with Crippen molar-refractivity contribution in [3.63, 3.8) is 0 Å². The van der Waals surface area contributed by atoms with E-state index < -0.39 is 0 Å². The minimum absolute atomic E-state index is 0. The van der Waals surface area contributed by atoms with E-state index in [0.29, 0.717) is 11.5 Å². The number of hydrogen-bond acceptors (Lipinski definition) is 4. The molecule has 2 fully saturated rings. The van der Waals surface area contributed by atoms with Gasteiger partial charge >= 0.3 is 0 Å². The van der Waals surface area contributed by atoms with Crippen LogP contribution in [-0.4, -0.2) is 9.55 Å². The Morgan fingerprint density at radius 1 is 0.514 bits per heavy atom. The molecular weight excluding hydrogens is 1080 g/mol. The van der Waals surface area contributed by atoms with Gasteiger partial charge in [0.25, 0.3) is 0 Å². The largest absolute Gasteiger partial charge is 0.509 e. The van der Waals surface area contributed by atoms with E-state index >= 15 is 0 Å². The number of aromatic nitrogens is 2. The zero-order chi connectivity index (χ0) is 50.0. The predicted octanol–water partition coefficient (Wildman–Crippen LogP) is 18.1. The van der Waals surface area contributed by atoms with Crippen LogP contribution in [0.15, 0.2) is 170 Å². The first-order valence-electron chi connectivity index (χ1n) is 26.9. The molecule has 7 aromatic carbocycles. The molecule has 0 spiro atoms. The number of benzene rings is 7. The Labute approximate surface area is 453 Å². The second-order valence-electron chi connectivity index (χ2n) is 23.1. The number of para-hydroxylation sites is 3. The molecule has 1 aliphatic heterocycles. The van der Waals surface area contributed by atoms with Gasteiger partial charge in [0.15, 0.2) is 0 Å². The Kier molecular flexibility index (Phi) is 13.2. The minimum Gasteiger partial charge on any atom is -0.509 e. The first kappa shape index (κ1) is 49.8. The van der Waals surface area contributed by atoms with Crippen LogP contribution in [0.3, 0.4) is 0 Å². The van der Waals surface area contributed by atoms with Crippen LogP contribution >= 0.6 is 0 Å². The summed E-state index contributed by atoms with van der Waals surface area (Å²) in [6.07, 6.45) is 13.7. The average molecular weight is 1150 g/mol. The molecule has 0 saturated heterocycles. The van der Waals surface area contributed by atoms with Crippen LogP contribution in [0, 0.1) is 18.8 Å². The summed E-state index contributed by atoms with van der Waals surface area (Å²) in [5.41, 5.74) is 14.5. The van der Waals surface area contributed by atoms with Gasteiger partial charge in [0.2, 0.25) is 0 Å². The van der Waals surface area contributed by atoms with Gasteiger partial charge in [-0.05, 0) is 106 Å². The normalized spacial score (nSPS) is 16.5. The maximum Gasteiger partial charge on any atom is 0.135 e. The van der Waals surface area contributed by atoms with Crippen LogP contribution in [0.2, 0.25) is 0 Å². The van der Waals surface area contributed by atoms with Crippen LogP contribution in [0.1, 0.15) is 139 Å². The molecule has 0 radical (unpaired) electrons. The van der Waals surface area contributed by atoms with Crippen molar-refractivity contribution in [1.29, 1.82) is 0 Å². The van der Waals surface area contributed by atoms with Crippen LogP contribution < -0.4 is 14.5 Å². The van der Waals surface area contributed by atoms with Gasteiger partial charge in [0.1, 0.15) is 5.82 Å².